The molecular weight excluding hydrogens is 272 g/mol. The third kappa shape index (κ3) is 2.94. The van der Waals surface area contributed by atoms with Crippen molar-refractivity contribution in [1.29, 1.82) is 0 Å². The number of nitrogens with zero attached hydrogens (tertiary/aromatic N) is 6. The highest BCUT2D eigenvalue weighted by atomic mass is 16.5. The lowest BCUT2D eigenvalue weighted by Crippen LogP contribution is -1.93. The molecule has 0 fully saturated rings. The Bertz CT molecular complexity index is 763. The Hall–Kier alpha value is -3.03. The number of hydrogen-bond acceptors (Lipinski definition) is 7. The molecule has 0 aliphatic carbocycles. The van der Waals surface area contributed by atoms with Crippen LogP contribution in [0.5, 0.6) is 5.88 Å². The Morgan fingerprint density at radius 1 is 1.33 bits per heavy atom. The first kappa shape index (κ1) is 13.0. The molecule has 0 saturated heterocycles. The molecule has 3 heterocycles. The highest BCUT2D eigenvalue weighted by molar-refractivity contribution is 5.58. The third-order valence-corrected chi connectivity index (χ3v) is 2.65. The Balaban J connectivity index is 1.86. The summed E-state index contributed by atoms with van der Waals surface area (Å²) in [5, 5.41) is 11.7. The van der Waals surface area contributed by atoms with Crippen LogP contribution < -0.4 is 4.74 Å². The van der Waals surface area contributed by atoms with Crippen molar-refractivity contribution in [2.24, 2.45) is 0 Å². The highest BCUT2D eigenvalue weighted by Crippen LogP contribution is 2.20. The molecule has 8 nitrogen and oxygen atoms in total. The second-order valence-corrected chi connectivity index (χ2v) is 4.18. The van der Waals surface area contributed by atoms with Gasteiger partial charge in [-0.15, -0.1) is 15.3 Å². The van der Waals surface area contributed by atoms with Crippen molar-refractivity contribution >= 4 is 12.3 Å². The van der Waals surface area contributed by atoms with Gasteiger partial charge in [-0.2, -0.15) is 0 Å². The first-order chi connectivity index (χ1) is 10.2. The monoisotopic (exact) mass is 284 g/mol. The lowest BCUT2D eigenvalue weighted by Gasteiger charge is -2.02. The second kappa shape index (κ2) is 5.53. The van der Waals surface area contributed by atoms with Crippen LogP contribution in [0.25, 0.3) is 23.7 Å². The van der Waals surface area contributed by atoms with Gasteiger partial charge >= 0.3 is 0 Å². The summed E-state index contributed by atoms with van der Waals surface area (Å²) in [6.45, 7) is 1.89. The zero-order valence-corrected chi connectivity index (χ0v) is 11.5. The Labute approximate surface area is 120 Å². The van der Waals surface area contributed by atoms with Gasteiger partial charge in [-0.1, -0.05) is 0 Å². The van der Waals surface area contributed by atoms with Crippen molar-refractivity contribution in [3.05, 3.63) is 36.4 Å². The summed E-state index contributed by atoms with van der Waals surface area (Å²) in [5.41, 5.74) is 1.67. The SMILES string of the molecule is COc1cc(-c2ncn(/C=C\c3nnco3)n2)cc(C)n1. The van der Waals surface area contributed by atoms with E-state index in [9.17, 15) is 0 Å². The van der Waals surface area contributed by atoms with E-state index in [0.29, 0.717) is 17.6 Å². The van der Waals surface area contributed by atoms with Crippen molar-refractivity contribution in [3.8, 4) is 17.3 Å². The van der Waals surface area contributed by atoms with Gasteiger partial charge in [0.15, 0.2) is 5.82 Å². The zero-order chi connectivity index (χ0) is 14.7. The number of aryl methyl sites for hydroxylation is 1. The maximum absolute atomic E-state index is 5.15. The molecule has 0 aliphatic heterocycles. The van der Waals surface area contributed by atoms with Crippen LogP contribution in [0.1, 0.15) is 11.6 Å². The van der Waals surface area contributed by atoms with Gasteiger partial charge in [0.2, 0.25) is 18.2 Å². The molecule has 3 aromatic rings. The number of pyridine rings is 1. The predicted molar refractivity (Wildman–Crippen MR) is 74.1 cm³/mol. The van der Waals surface area contributed by atoms with Crippen LogP contribution in [-0.4, -0.2) is 37.1 Å². The van der Waals surface area contributed by atoms with Crippen molar-refractivity contribution in [2.45, 2.75) is 6.92 Å². The normalized spacial score (nSPS) is 11.1. The zero-order valence-electron chi connectivity index (χ0n) is 11.5. The fraction of sp³-hybridized carbons (Fsp3) is 0.154. The van der Waals surface area contributed by atoms with Crippen LogP contribution in [0.2, 0.25) is 0 Å². The van der Waals surface area contributed by atoms with Gasteiger partial charge in [0.05, 0.1) is 7.11 Å². The maximum Gasteiger partial charge on any atom is 0.241 e. The van der Waals surface area contributed by atoms with Gasteiger partial charge in [-0.3, -0.25) is 0 Å². The van der Waals surface area contributed by atoms with E-state index in [1.54, 1.807) is 36.5 Å². The Morgan fingerprint density at radius 3 is 3.00 bits per heavy atom. The molecular formula is C13H12N6O2. The van der Waals surface area contributed by atoms with Gasteiger partial charge in [0.25, 0.3) is 0 Å². The first-order valence-corrected chi connectivity index (χ1v) is 6.13. The lowest BCUT2D eigenvalue weighted by molar-refractivity contribution is 0.397. The van der Waals surface area contributed by atoms with Crippen LogP contribution in [0.15, 0.2) is 29.3 Å². The second-order valence-electron chi connectivity index (χ2n) is 4.18. The lowest BCUT2D eigenvalue weighted by atomic mass is 10.2. The van der Waals surface area contributed by atoms with Crippen LogP contribution in [0.4, 0.5) is 0 Å². The van der Waals surface area contributed by atoms with Crippen molar-refractivity contribution in [3.63, 3.8) is 0 Å². The van der Waals surface area contributed by atoms with E-state index >= 15 is 0 Å². The fourth-order valence-corrected chi connectivity index (χ4v) is 1.75. The Morgan fingerprint density at radius 2 is 2.24 bits per heavy atom. The minimum Gasteiger partial charge on any atom is -0.481 e. The summed E-state index contributed by atoms with van der Waals surface area (Å²) in [7, 11) is 1.57. The molecule has 0 unspecified atom stereocenters. The highest BCUT2D eigenvalue weighted by Gasteiger charge is 2.07. The predicted octanol–water partition coefficient (Wildman–Crippen LogP) is 1.67. The van der Waals surface area contributed by atoms with Gasteiger partial charge in [-0.25, -0.2) is 14.6 Å². The van der Waals surface area contributed by atoms with Gasteiger partial charge in [0, 0.05) is 29.6 Å². The molecule has 3 aromatic heterocycles. The number of rotatable bonds is 4. The molecule has 0 aromatic carbocycles. The minimum atomic E-state index is 0.397. The summed E-state index contributed by atoms with van der Waals surface area (Å²) >= 11 is 0. The van der Waals surface area contributed by atoms with Crippen LogP contribution in [0.3, 0.4) is 0 Å². The molecule has 8 heteroatoms. The quantitative estimate of drug-likeness (QED) is 0.719. The topological polar surface area (TPSA) is 91.8 Å². The van der Waals surface area contributed by atoms with E-state index in [0.717, 1.165) is 11.3 Å². The van der Waals surface area contributed by atoms with Crippen LogP contribution >= 0.6 is 0 Å². The van der Waals surface area contributed by atoms with E-state index in [1.807, 2.05) is 13.0 Å². The van der Waals surface area contributed by atoms with Crippen molar-refractivity contribution in [2.75, 3.05) is 7.11 Å². The largest absolute Gasteiger partial charge is 0.481 e. The Kier molecular flexibility index (Phi) is 3.42. The van der Waals surface area contributed by atoms with Gasteiger partial charge in [-0.05, 0) is 13.0 Å². The van der Waals surface area contributed by atoms with E-state index in [4.69, 9.17) is 9.15 Å². The number of hydrogen-bond donors (Lipinski definition) is 0. The van der Waals surface area contributed by atoms with Crippen molar-refractivity contribution in [1.82, 2.24) is 29.9 Å². The van der Waals surface area contributed by atoms with E-state index in [2.05, 4.69) is 25.3 Å². The fourth-order valence-electron chi connectivity index (χ4n) is 1.75. The first-order valence-electron chi connectivity index (χ1n) is 6.13. The minimum absolute atomic E-state index is 0.397. The summed E-state index contributed by atoms with van der Waals surface area (Å²) in [4.78, 5) is 8.48. The molecule has 21 heavy (non-hydrogen) atoms. The summed E-state index contributed by atoms with van der Waals surface area (Å²) in [6, 6.07) is 3.68. The molecule has 106 valence electrons. The number of aromatic nitrogens is 6. The summed E-state index contributed by atoms with van der Waals surface area (Å²) < 4.78 is 11.7. The van der Waals surface area contributed by atoms with E-state index in [-0.39, 0.29) is 0 Å². The number of ether oxygens (including phenoxy) is 1. The molecule has 0 amide bonds. The average Bonchev–Trinajstić information content (AvgIpc) is 3.15. The molecule has 0 spiro atoms. The molecule has 0 atom stereocenters. The third-order valence-electron chi connectivity index (χ3n) is 2.65. The standard InChI is InChI=1S/C13H12N6O2/c1-9-5-10(6-12(16-9)20-2)13-14-7-19(18-13)4-3-11-17-15-8-21-11/h3-8H,1-2H3/b4-3-. The van der Waals surface area contributed by atoms with E-state index < -0.39 is 0 Å². The van der Waals surface area contributed by atoms with Crippen molar-refractivity contribution < 1.29 is 9.15 Å². The van der Waals surface area contributed by atoms with E-state index in [1.165, 1.54) is 6.39 Å². The average molecular weight is 284 g/mol. The molecule has 0 N–H and O–H groups in total. The molecule has 0 aliphatic rings. The van der Waals surface area contributed by atoms with Crippen LogP contribution in [-0.2, 0) is 0 Å². The molecule has 3 rings (SSSR count). The summed E-state index contributed by atoms with van der Waals surface area (Å²) in [6.07, 6.45) is 6.17. The summed E-state index contributed by atoms with van der Waals surface area (Å²) in [5.74, 6) is 1.50. The number of methoxy groups -OCH3 is 1. The van der Waals surface area contributed by atoms with Crippen LogP contribution in [0, 0.1) is 6.92 Å². The van der Waals surface area contributed by atoms with Gasteiger partial charge in [0.1, 0.15) is 6.33 Å². The molecule has 0 saturated carbocycles. The molecule has 0 bridgehead atoms. The molecule has 0 radical (unpaired) electrons. The van der Waals surface area contributed by atoms with Gasteiger partial charge < -0.3 is 9.15 Å². The smallest absolute Gasteiger partial charge is 0.241 e. The maximum atomic E-state index is 5.15.